The molecule has 5 nitrogen and oxygen atoms in total. The first-order valence-electron chi connectivity index (χ1n) is 9.96. The molecule has 27 heavy (non-hydrogen) atoms. The second kappa shape index (κ2) is 7.12. The van der Waals surface area contributed by atoms with E-state index < -0.39 is 11.2 Å². The number of carbonyl (C=O) groups is 1. The fourth-order valence-corrected chi connectivity index (χ4v) is 5.11. The lowest BCUT2D eigenvalue weighted by molar-refractivity contribution is -0.139. The normalized spacial score (nSPS) is 31.4. The number of benzene rings is 1. The number of piperidine rings is 1. The fourth-order valence-electron chi connectivity index (χ4n) is 5.11. The molecule has 1 aliphatic carbocycles. The molecular weight excluding hydrogens is 345 g/mol. The van der Waals surface area contributed by atoms with E-state index in [1.54, 1.807) is 12.1 Å². The zero-order valence-electron chi connectivity index (χ0n) is 15.5. The summed E-state index contributed by atoms with van der Waals surface area (Å²) in [5, 5.41) is 18.7. The van der Waals surface area contributed by atoms with E-state index in [1.165, 1.54) is 6.07 Å². The quantitative estimate of drug-likeness (QED) is 0.868. The van der Waals surface area contributed by atoms with Crippen LogP contribution in [0.15, 0.2) is 18.2 Å². The predicted octanol–water partition coefficient (Wildman–Crippen LogP) is 2.82. The van der Waals surface area contributed by atoms with Crippen molar-refractivity contribution in [3.8, 4) is 6.07 Å². The number of rotatable bonds is 2. The van der Waals surface area contributed by atoms with E-state index in [-0.39, 0.29) is 18.1 Å². The molecule has 2 saturated heterocycles. The third kappa shape index (κ3) is 3.29. The van der Waals surface area contributed by atoms with Gasteiger partial charge in [-0.3, -0.25) is 4.79 Å². The van der Waals surface area contributed by atoms with E-state index in [0.717, 1.165) is 58.0 Å². The molecule has 3 aliphatic rings. The Morgan fingerprint density at radius 3 is 2.67 bits per heavy atom. The van der Waals surface area contributed by atoms with Crippen molar-refractivity contribution in [3.63, 3.8) is 0 Å². The molecule has 2 aliphatic heterocycles. The van der Waals surface area contributed by atoms with Crippen LogP contribution < -0.4 is 4.90 Å². The van der Waals surface area contributed by atoms with Gasteiger partial charge in [-0.15, -0.1) is 0 Å². The Labute approximate surface area is 159 Å². The second-order valence-corrected chi connectivity index (χ2v) is 8.29. The predicted molar refractivity (Wildman–Crippen MR) is 99.6 cm³/mol. The highest BCUT2D eigenvalue weighted by molar-refractivity contribution is 5.86. The van der Waals surface area contributed by atoms with Gasteiger partial charge in [0.05, 0.1) is 28.8 Å². The number of hydrogen-bond donors (Lipinski definition) is 1. The molecule has 0 aromatic heterocycles. The summed E-state index contributed by atoms with van der Waals surface area (Å²) < 4.78 is 14.5. The Bertz CT molecular complexity index is 769. The van der Waals surface area contributed by atoms with Crippen LogP contribution in [-0.2, 0) is 4.79 Å². The summed E-state index contributed by atoms with van der Waals surface area (Å²) in [4.78, 5) is 17.3. The van der Waals surface area contributed by atoms with Crippen molar-refractivity contribution in [1.29, 1.82) is 5.26 Å². The van der Waals surface area contributed by atoms with E-state index in [4.69, 9.17) is 5.26 Å². The number of likely N-dealkylation sites (tertiary alicyclic amines) is 1. The molecule has 2 heterocycles. The molecule has 4 rings (SSSR count). The first kappa shape index (κ1) is 18.2. The number of carbonyl (C=O) groups excluding carboxylic acids is 1. The van der Waals surface area contributed by atoms with Gasteiger partial charge in [0.1, 0.15) is 5.82 Å². The Balaban J connectivity index is 1.51. The van der Waals surface area contributed by atoms with Crippen LogP contribution in [0.4, 0.5) is 10.1 Å². The molecule has 1 unspecified atom stereocenters. The highest BCUT2D eigenvalue weighted by Gasteiger charge is 2.50. The van der Waals surface area contributed by atoms with Crippen molar-refractivity contribution < 1.29 is 14.3 Å². The van der Waals surface area contributed by atoms with Gasteiger partial charge in [0.15, 0.2) is 0 Å². The molecule has 0 radical (unpaired) electrons. The molecule has 1 atom stereocenters. The molecule has 1 spiro atoms. The molecule has 6 heteroatoms. The monoisotopic (exact) mass is 371 g/mol. The molecule has 1 aromatic rings. The summed E-state index contributed by atoms with van der Waals surface area (Å²) in [6.45, 7) is 2.04. The number of anilines is 1. The van der Waals surface area contributed by atoms with Gasteiger partial charge in [0, 0.05) is 25.7 Å². The van der Waals surface area contributed by atoms with E-state index >= 15 is 0 Å². The van der Waals surface area contributed by atoms with Crippen LogP contribution in [0.5, 0.6) is 0 Å². The number of nitrogens with zero attached hydrogens (tertiary/aromatic N) is 3. The van der Waals surface area contributed by atoms with Gasteiger partial charge in [0.25, 0.3) is 0 Å². The lowest BCUT2D eigenvalue weighted by Gasteiger charge is -2.41. The summed E-state index contributed by atoms with van der Waals surface area (Å²) in [5.41, 5.74) is 0.375. The Hall–Kier alpha value is -2.13. The molecular formula is C21H26FN3O2. The van der Waals surface area contributed by atoms with Crippen LogP contribution in [-0.4, -0.2) is 47.7 Å². The van der Waals surface area contributed by atoms with Gasteiger partial charge in [0.2, 0.25) is 5.91 Å². The molecule has 1 saturated carbocycles. The van der Waals surface area contributed by atoms with Crippen LogP contribution >= 0.6 is 0 Å². The number of halogens is 1. The van der Waals surface area contributed by atoms with Crippen molar-refractivity contribution in [3.05, 3.63) is 29.6 Å². The average Bonchev–Trinajstić information content (AvgIpc) is 2.98. The number of amides is 1. The standard InChI is InChI=1S/C21H26FN3O2/c22-18-12-15(13-23)2-7-19(18)24-10-1-8-21(14-24)9-11-25(20(21)27)16-3-5-17(26)6-4-16/h2,7,12,16-17,26H,1,3-6,8-11,14H2. The summed E-state index contributed by atoms with van der Waals surface area (Å²) in [7, 11) is 0. The van der Waals surface area contributed by atoms with Crippen LogP contribution in [0.3, 0.4) is 0 Å². The topological polar surface area (TPSA) is 67.6 Å². The largest absolute Gasteiger partial charge is 0.393 e. The first-order valence-corrected chi connectivity index (χ1v) is 9.96. The van der Waals surface area contributed by atoms with Gasteiger partial charge in [-0.2, -0.15) is 5.26 Å². The van der Waals surface area contributed by atoms with Crippen molar-refractivity contribution in [2.75, 3.05) is 24.5 Å². The Morgan fingerprint density at radius 2 is 1.96 bits per heavy atom. The van der Waals surface area contributed by atoms with E-state index in [9.17, 15) is 14.3 Å². The first-order chi connectivity index (χ1) is 13.0. The summed E-state index contributed by atoms with van der Waals surface area (Å²) in [6.07, 6.45) is 5.59. The van der Waals surface area contributed by atoms with Crippen LogP contribution in [0.1, 0.15) is 50.5 Å². The SMILES string of the molecule is N#Cc1ccc(N2CCCC3(CCN(C4CCC(O)CC4)C3=O)C2)c(F)c1. The number of aliphatic hydroxyl groups is 1. The molecule has 1 aromatic carbocycles. The molecule has 0 bridgehead atoms. The highest BCUT2D eigenvalue weighted by atomic mass is 19.1. The minimum absolute atomic E-state index is 0.211. The van der Waals surface area contributed by atoms with Crippen molar-refractivity contribution >= 4 is 11.6 Å². The molecule has 3 fully saturated rings. The smallest absolute Gasteiger partial charge is 0.230 e. The van der Waals surface area contributed by atoms with Crippen LogP contribution in [0, 0.1) is 22.6 Å². The van der Waals surface area contributed by atoms with Gasteiger partial charge in [-0.05, 0) is 63.1 Å². The minimum atomic E-state index is -0.422. The Kier molecular flexibility index (Phi) is 4.81. The van der Waals surface area contributed by atoms with Gasteiger partial charge < -0.3 is 14.9 Å². The minimum Gasteiger partial charge on any atom is -0.393 e. The summed E-state index contributed by atoms with van der Waals surface area (Å²) in [6, 6.07) is 6.76. The van der Waals surface area contributed by atoms with Crippen molar-refractivity contribution in [2.24, 2.45) is 5.41 Å². The highest BCUT2D eigenvalue weighted by Crippen LogP contribution is 2.43. The molecule has 1 N–H and O–H groups in total. The van der Waals surface area contributed by atoms with Gasteiger partial charge >= 0.3 is 0 Å². The average molecular weight is 371 g/mol. The zero-order valence-corrected chi connectivity index (χ0v) is 15.5. The van der Waals surface area contributed by atoms with E-state index in [1.807, 2.05) is 15.9 Å². The fraction of sp³-hybridized carbons (Fsp3) is 0.619. The second-order valence-electron chi connectivity index (χ2n) is 8.29. The summed E-state index contributed by atoms with van der Waals surface area (Å²) in [5.74, 6) is -0.183. The third-order valence-electron chi connectivity index (χ3n) is 6.65. The van der Waals surface area contributed by atoms with Crippen LogP contribution in [0.25, 0.3) is 0 Å². The van der Waals surface area contributed by atoms with E-state index in [0.29, 0.717) is 17.8 Å². The maximum Gasteiger partial charge on any atom is 0.230 e. The van der Waals surface area contributed by atoms with Crippen molar-refractivity contribution in [1.82, 2.24) is 4.90 Å². The maximum absolute atomic E-state index is 14.5. The van der Waals surface area contributed by atoms with E-state index in [2.05, 4.69) is 0 Å². The number of hydrogen-bond acceptors (Lipinski definition) is 4. The number of nitriles is 1. The third-order valence-corrected chi connectivity index (χ3v) is 6.65. The summed E-state index contributed by atoms with van der Waals surface area (Å²) >= 11 is 0. The lowest BCUT2D eigenvalue weighted by atomic mass is 9.78. The number of aliphatic hydroxyl groups excluding tert-OH is 1. The molecule has 144 valence electrons. The van der Waals surface area contributed by atoms with Crippen molar-refractivity contribution in [2.45, 2.75) is 57.1 Å². The molecule has 1 amide bonds. The Morgan fingerprint density at radius 1 is 1.19 bits per heavy atom. The van der Waals surface area contributed by atoms with Gasteiger partial charge in [-0.1, -0.05) is 0 Å². The lowest BCUT2D eigenvalue weighted by Crippen LogP contribution is -2.50. The zero-order chi connectivity index (χ0) is 19.0. The van der Waals surface area contributed by atoms with Crippen LogP contribution in [0.2, 0.25) is 0 Å². The maximum atomic E-state index is 14.5. The van der Waals surface area contributed by atoms with Gasteiger partial charge in [-0.25, -0.2) is 4.39 Å².